The first-order chi connectivity index (χ1) is 15.7. The molecule has 1 aromatic heterocycles. The number of H-pyrrole nitrogens is 2. The first kappa shape index (κ1) is 23.3. The number of hydrogen-bond acceptors (Lipinski definition) is 3. The zero-order valence-electron chi connectivity index (χ0n) is 18.6. The van der Waals surface area contributed by atoms with E-state index in [1.807, 2.05) is 30.3 Å². The minimum atomic E-state index is -4.40. The number of aryl methyl sites for hydroxylation is 1. The molecule has 1 aliphatic heterocycles. The summed E-state index contributed by atoms with van der Waals surface area (Å²) >= 11 is 0. The number of benzene rings is 2. The lowest BCUT2D eigenvalue weighted by Gasteiger charge is -2.42. The zero-order chi connectivity index (χ0) is 23.6. The highest BCUT2D eigenvalue weighted by molar-refractivity contribution is 5.32. The Balaban J connectivity index is 1.53. The Morgan fingerprint density at radius 3 is 2.48 bits per heavy atom. The molecule has 0 radical (unpaired) electrons. The molecule has 1 saturated heterocycles. The van der Waals surface area contributed by atoms with Crippen molar-refractivity contribution >= 4 is 0 Å². The summed E-state index contributed by atoms with van der Waals surface area (Å²) in [6.45, 7) is 4.39. The van der Waals surface area contributed by atoms with E-state index in [4.69, 9.17) is 4.74 Å². The molecule has 0 spiro atoms. The van der Waals surface area contributed by atoms with Crippen molar-refractivity contribution in [3.05, 3.63) is 92.9 Å². The van der Waals surface area contributed by atoms with Crippen molar-refractivity contribution in [3.63, 3.8) is 0 Å². The topological polar surface area (TPSA) is 69.9 Å². The van der Waals surface area contributed by atoms with E-state index in [1.54, 1.807) is 26.0 Å². The van der Waals surface area contributed by atoms with Crippen molar-refractivity contribution in [2.24, 2.45) is 0 Å². The van der Waals surface area contributed by atoms with Gasteiger partial charge in [-0.3, -0.25) is 9.89 Å². The van der Waals surface area contributed by atoms with Crippen LogP contribution in [0.15, 0.2) is 59.4 Å². The third kappa shape index (κ3) is 5.23. The highest BCUT2D eigenvalue weighted by atomic mass is 19.4. The molecule has 1 aliphatic rings. The van der Waals surface area contributed by atoms with Gasteiger partial charge in [-0.25, -0.2) is 0 Å². The van der Waals surface area contributed by atoms with Crippen molar-refractivity contribution in [3.8, 4) is 0 Å². The summed E-state index contributed by atoms with van der Waals surface area (Å²) in [5.74, 6) is 0.157. The van der Waals surface area contributed by atoms with Crippen LogP contribution in [0.1, 0.15) is 59.7 Å². The first-order valence-corrected chi connectivity index (χ1v) is 11.0. The summed E-state index contributed by atoms with van der Waals surface area (Å²) in [4.78, 5) is 11.5. The summed E-state index contributed by atoms with van der Waals surface area (Å²) in [6, 6.07) is 15.6. The fourth-order valence-corrected chi connectivity index (χ4v) is 4.55. The monoisotopic (exact) mass is 459 g/mol. The number of rotatable bonds is 6. The first-order valence-electron chi connectivity index (χ1n) is 11.0. The second-order valence-corrected chi connectivity index (χ2v) is 8.86. The van der Waals surface area contributed by atoms with Crippen LogP contribution in [0, 0.1) is 6.92 Å². The molecule has 1 fully saturated rings. The van der Waals surface area contributed by atoms with Crippen LogP contribution in [0.5, 0.6) is 0 Å². The lowest BCUT2D eigenvalue weighted by Crippen LogP contribution is -2.51. The molecule has 3 atom stereocenters. The molecular formula is C25H28F3N3O2. The van der Waals surface area contributed by atoms with E-state index >= 15 is 0 Å². The summed E-state index contributed by atoms with van der Waals surface area (Å²) in [7, 11) is 0. The Morgan fingerprint density at radius 1 is 1.12 bits per heavy atom. The van der Waals surface area contributed by atoms with Gasteiger partial charge < -0.3 is 15.2 Å². The highest BCUT2D eigenvalue weighted by Crippen LogP contribution is 2.37. The molecule has 2 aromatic carbocycles. The van der Waals surface area contributed by atoms with Crippen LogP contribution in [-0.2, 0) is 16.5 Å². The molecule has 0 saturated carbocycles. The Kier molecular flexibility index (Phi) is 6.50. The number of aromatic nitrogens is 2. The molecule has 4 rings (SSSR count). The summed E-state index contributed by atoms with van der Waals surface area (Å²) < 4.78 is 46.0. The number of hydrogen-bond donors (Lipinski definition) is 3. The van der Waals surface area contributed by atoms with Crippen LogP contribution >= 0.6 is 0 Å². The summed E-state index contributed by atoms with van der Waals surface area (Å²) in [5.41, 5.74) is 1.69. The molecule has 8 heteroatoms. The van der Waals surface area contributed by atoms with E-state index in [0.717, 1.165) is 30.2 Å². The Bertz CT molecular complexity index is 1130. The van der Waals surface area contributed by atoms with Gasteiger partial charge in [0.05, 0.1) is 23.8 Å². The van der Waals surface area contributed by atoms with Gasteiger partial charge in [-0.1, -0.05) is 42.0 Å². The molecule has 0 bridgehead atoms. The Hall–Kier alpha value is -2.84. The van der Waals surface area contributed by atoms with Crippen LogP contribution in [0.4, 0.5) is 13.2 Å². The third-order valence-electron chi connectivity index (χ3n) is 6.47. The van der Waals surface area contributed by atoms with Crippen molar-refractivity contribution in [1.29, 1.82) is 0 Å². The van der Waals surface area contributed by atoms with Crippen LogP contribution < -0.4 is 10.9 Å². The van der Waals surface area contributed by atoms with E-state index in [2.05, 4.69) is 15.5 Å². The number of ether oxygens (including phenoxy) is 1. The Labute approximate surface area is 190 Å². The Morgan fingerprint density at radius 2 is 1.88 bits per heavy atom. The molecule has 3 aromatic rings. The molecule has 33 heavy (non-hydrogen) atoms. The third-order valence-corrected chi connectivity index (χ3v) is 6.47. The van der Waals surface area contributed by atoms with Crippen LogP contribution in [0.2, 0.25) is 0 Å². The molecule has 176 valence electrons. The van der Waals surface area contributed by atoms with Crippen molar-refractivity contribution in [1.82, 2.24) is 15.5 Å². The fraction of sp³-hybridized carbons (Fsp3) is 0.400. The van der Waals surface area contributed by atoms with E-state index < -0.39 is 23.4 Å². The van der Waals surface area contributed by atoms with E-state index in [-0.39, 0.29) is 11.5 Å². The molecule has 0 aliphatic carbocycles. The second-order valence-electron chi connectivity index (χ2n) is 8.86. The van der Waals surface area contributed by atoms with Crippen LogP contribution in [0.25, 0.3) is 0 Å². The predicted molar refractivity (Wildman–Crippen MR) is 120 cm³/mol. The van der Waals surface area contributed by atoms with Gasteiger partial charge in [-0.2, -0.15) is 13.2 Å². The minimum Gasteiger partial charge on any atom is -0.372 e. The largest absolute Gasteiger partial charge is 0.416 e. The second kappa shape index (κ2) is 9.19. The maximum absolute atomic E-state index is 13.3. The molecular weight excluding hydrogens is 431 g/mol. The van der Waals surface area contributed by atoms with Gasteiger partial charge in [0, 0.05) is 24.2 Å². The van der Waals surface area contributed by atoms with Crippen molar-refractivity contribution in [2.75, 3.05) is 13.2 Å². The number of halogens is 3. The van der Waals surface area contributed by atoms with Gasteiger partial charge in [-0.15, -0.1) is 0 Å². The van der Waals surface area contributed by atoms with Crippen molar-refractivity contribution < 1.29 is 17.9 Å². The molecule has 0 amide bonds. The standard InChI is InChI=1S/C25H28F3N3O2/c1-16-10-19(12-21(11-16)25(26,27)28)17(2)33-15-24(20-6-4-3-5-7-20)9-8-18(14-29-24)22-13-23(32)31-30-22/h3-7,10-13,17-18,29H,8-9,14-15H2,1-2H3,(H2,30,31,32)/t17-,18?,24-/m1/s1. The van der Waals surface area contributed by atoms with Gasteiger partial charge in [0.2, 0.25) is 0 Å². The van der Waals surface area contributed by atoms with E-state index in [9.17, 15) is 18.0 Å². The zero-order valence-corrected chi connectivity index (χ0v) is 18.6. The van der Waals surface area contributed by atoms with Gasteiger partial charge in [-0.05, 0) is 49.9 Å². The highest BCUT2D eigenvalue weighted by Gasteiger charge is 2.38. The number of nitrogens with one attached hydrogen (secondary N) is 3. The molecule has 2 heterocycles. The van der Waals surface area contributed by atoms with Gasteiger partial charge in [0.25, 0.3) is 5.56 Å². The SMILES string of the molecule is Cc1cc([C@@H](C)OC[C@@]2(c3ccccc3)CCC(c3cc(=O)[nH][nH]3)CN2)cc(C(F)(F)F)c1. The average molecular weight is 460 g/mol. The smallest absolute Gasteiger partial charge is 0.372 e. The lowest BCUT2D eigenvalue weighted by molar-refractivity contribution is -0.137. The summed E-state index contributed by atoms with van der Waals surface area (Å²) in [6.07, 6.45) is -3.32. The molecule has 3 N–H and O–H groups in total. The lowest BCUT2D eigenvalue weighted by atomic mass is 9.79. The van der Waals surface area contributed by atoms with Gasteiger partial charge >= 0.3 is 6.18 Å². The van der Waals surface area contributed by atoms with Gasteiger partial charge in [0.15, 0.2) is 0 Å². The quantitative estimate of drug-likeness (QED) is 0.476. The van der Waals surface area contributed by atoms with E-state index in [0.29, 0.717) is 24.3 Å². The number of alkyl halides is 3. The number of piperidine rings is 1. The minimum absolute atomic E-state index is 0.154. The molecule has 5 nitrogen and oxygen atoms in total. The maximum atomic E-state index is 13.3. The number of aromatic amines is 2. The maximum Gasteiger partial charge on any atom is 0.416 e. The normalized spacial score (nSPS) is 22.3. The van der Waals surface area contributed by atoms with Crippen molar-refractivity contribution in [2.45, 2.75) is 50.4 Å². The summed E-state index contributed by atoms with van der Waals surface area (Å²) in [5, 5.41) is 9.14. The predicted octanol–water partition coefficient (Wildman–Crippen LogP) is 5.17. The van der Waals surface area contributed by atoms with Gasteiger partial charge in [0.1, 0.15) is 0 Å². The molecule has 1 unspecified atom stereocenters. The van der Waals surface area contributed by atoms with Crippen LogP contribution in [-0.4, -0.2) is 23.3 Å². The van der Waals surface area contributed by atoms with Crippen LogP contribution in [0.3, 0.4) is 0 Å². The fourth-order valence-electron chi connectivity index (χ4n) is 4.55. The average Bonchev–Trinajstić information content (AvgIpc) is 3.23. The van der Waals surface area contributed by atoms with E-state index in [1.165, 1.54) is 6.07 Å².